The molecule has 1 heterocycles. The second kappa shape index (κ2) is 9.30. The van der Waals surface area contributed by atoms with Gasteiger partial charge in [0.2, 0.25) is 5.91 Å². The zero-order chi connectivity index (χ0) is 22.8. The third kappa shape index (κ3) is 4.64. The van der Waals surface area contributed by atoms with Crippen molar-refractivity contribution in [2.45, 2.75) is 38.8 Å². The first-order valence-electron chi connectivity index (χ1n) is 10.9. The molecule has 4 rings (SSSR count). The summed E-state index contributed by atoms with van der Waals surface area (Å²) in [6, 6.07) is 12.5. The quantitative estimate of drug-likeness (QED) is 0.518. The van der Waals surface area contributed by atoms with Gasteiger partial charge < -0.3 is 20.7 Å². The molecule has 1 aromatic heterocycles. The van der Waals surface area contributed by atoms with E-state index in [1.165, 1.54) is 16.7 Å². The number of rotatable bonds is 7. The predicted molar refractivity (Wildman–Crippen MR) is 131 cm³/mol. The van der Waals surface area contributed by atoms with E-state index >= 15 is 0 Å². The van der Waals surface area contributed by atoms with Gasteiger partial charge in [0.25, 0.3) is 0 Å². The number of carbonyl (C=O) groups excluding carboxylic acids is 1. The average Bonchev–Trinajstić information content (AvgIpc) is 3.40. The summed E-state index contributed by atoms with van der Waals surface area (Å²) >= 11 is 1.67. The van der Waals surface area contributed by atoms with E-state index in [0.29, 0.717) is 18.0 Å². The summed E-state index contributed by atoms with van der Waals surface area (Å²) < 4.78 is 5.75. The third-order valence-corrected chi connectivity index (χ3v) is 6.74. The summed E-state index contributed by atoms with van der Waals surface area (Å²) in [6.45, 7) is 4.32. The van der Waals surface area contributed by atoms with Crippen molar-refractivity contribution in [3.05, 3.63) is 53.7 Å². The first kappa shape index (κ1) is 22.3. The lowest BCUT2D eigenvalue weighted by Gasteiger charge is -2.16. The van der Waals surface area contributed by atoms with E-state index < -0.39 is 0 Å². The molecule has 1 aliphatic rings. The number of benzene rings is 2. The second-order valence-electron chi connectivity index (χ2n) is 8.58. The van der Waals surface area contributed by atoms with E-state index in [1.54, 1.807) is 30.3 Å². The van der Waals surface area contributed by atoms with Crippen LogP contribution < -0.4 is 15.8 Å². The number of fused-ring (bicyclic) bond motifs is 1. The number of anilines is 1. The molecule has 0 unspecified atom stereocenters. The monoisotopic (exact) mass is 450 g/mol. The van der Waals surface area contributed by atoms with Crippen LogP contribution >= 0.6 is 11.3 Å². The Kier molecular flexibility index (Phi) is 6.48. The van der Waals surface area contributed by atoms with Crippen molar-refractivity contribution in [1.29, 1.82) is 0 Å². The molecule has 0 saturated heterocycles. The average molecular weight is 451 g/mol. The Hall–Kier alpha value is -2.90. The number of amides is 1. The van der Waals surface area contributed by atoms with Crippen LogP contribution in [0.15, 0.2) is 42.6 Å². The van der Waals surface area contributed by atoms with Crippen molar-refractivity contribution in [2.24, 2.45) is 0 Å². The maximum Gasteiger partial charge on any atom is 0.236 e. The molecule has 0 bridgehead atoms. The number of nitrogens with two attached hydrogens (primary N) is 1. The molecule has 32 heavy (non-hydrogen) atoms. The van der Waals surface area contributed by atoms with E-state index in [-0.39, 0.29) is 18.1 Å². The number of thiazole rings is 1. The van der Waals surface area contributed by atoms with Gasteiger partial charge in [-0.2, -0.15) is 0 Å². The van der Waals surface area contributed by atoms with Crippen molar-refractivity contribution in [3.8, 4) is 26.8 Å². The molecule has 6 nitrogen and oxygen atoms in total. The lowest BCUT2D eigenvalue weighted by Crippen LogP contribution is -2.34. The molecule has 0 radical (unpaired) electrons. The van der Waals surface area contributed by atoms with Gasteiger partial charge in [-0.15, -0.1) is 11.3 Å². The lowest BCUT2D eigenvalue weighted by atomic mass is 10.0. The van der Waals surface area contributed by atoms with Gasteiger partial charge in [-0.05, 0) is 61.6 Å². The minimum absolute atomic E-state index is 0.0779. The van der Waals surface area contributed by atoms with Crippen LogP contribution in [0.4, 0.5) is 5.69 Å². The molecule has 3 N–H and O–H groups in total. The van der Waals surface area contributed by atoms with Crippen LogP contribution in [-0.2, 0) is 11.2 Å². The Bertz CT molecular complexity index is 1120. The molecule has 1 amide bonds. The van der Waals surface area contributed by atoms with Crippen LogP contribution in [-0.4, -0.2) is 42.5 Å². The number of carbonyl (C=O) groups is 1. The third-order valence-electron chi connectivity index (χ3n) is 5.66. The number of nitrogens with zero attached hydrogens (tertiary/aromatic N) is 2. The number of aromatic nitrogens is 1. The molecule has 1 aliphatic carbocycles. The summed E-state index contributed by atoms with van der Waals surface area (Å²) in [5.41, 5.74) is 11.7. The van der Waals surface area contributed by atoms with Crippen LogP contribution in [0.3, 0.4) is 0 Å². The predicted octanol–water partition coefficient (Wildman–Crippen LogP) is 4.51. The van der Waals surface area contributed by atoms with E-state index in [4.69, 9.17) is 10.5 Å². The Morgan fingerprint density at radius 2 is 2.12 bits per heavy atom. The number of likely N-dealkylation sites (N-methyl/N-ethyl adjacent to an activating group) is 1. The first-order chi connectivity index (χ1) is 15.3. The molecule has 3 aromatic rings. The van der Waals surface area contributed by atoms with E-state index in [1.807, 2.05) is 38.2 Å². The van der Waals surface area contributed by atoms with Crippen molar-refractivity contribution in [3.63, 3.8) is 0 Å². The van der Waals surface area contributed by atoms with Crippen LogP contribution in [0.25, 0.3) is 21.0 Å². The van der Waals surface area contributed by atoms with Gasteiger partial charge in [0.1, 0.15) is 10.8 Å². The maximum atomic E-state index is 12.0. The largest absolute Gasteiger partial charge is 0.489 e. The molecule has 0 fully saturated rings. The fourth-order valence-electron chi connectivity index (χ4n) is 4.04. The van der Waals surface area contributed by atoms with Crippen LogP contribution in [0.2, 0.25) is 0 Å². The van der Waals surface area contributed by atoms with E-state index in [2.05, 4.69) is 28.5 Å². The number of hydrogen-bond acceptors (Lipinski definition) is 6. The summed E-state index contributed by atoms with van der Waals surface area (Å²) in [4.78, 5) is 19.4. The lowest BCUT2D eigenvalue weighted by molar-refractivity contribution is -0.127. The minimum atomic E-state index is 0.0779. The van der Waals surface area contributed by atoms with E-state index in [9.17, 15) is 4.79 Å². The molecular formula is C25H30N4O2S. The zero-order valence-corrected chi connectivity index (χ0v) is 19.8. The van der Waals surface area contributed by atoms with Crippen LogP contribution in [0, 0.1) is 0 Å². The molecule has 0 spiro atoms. The fraction of sp³-hybridized carbons (Fsp3) is 0.360. The molecular weight excluding hydrogens is 420 g/mol. The van der Waals surface area contributed by atoms with Gasteiger partial charge in [0.05, 0.1) is 23.2 Å². The van der Waals surface area contributed by atoms with Gasteiger partial charge >= 0.3 is 0 Å². The molecule has 0 aliphatic heterocycles. The van der Waals surface area contributed by atoms with Gasteiger partial charge in [-0.3, -0.25) is 4.79 Å². The minimum Gasteiger partial charge on any atom is -0.489 e. The highest BCUT2D eigenvalue weighted by Gasteiger charge is 2.26. The molecule has 168 valence electrons. The van der Waals surface area contributed by atoms with Gasteiger partial charge in [0.15, 0.2) is 0 Å². The highest BCUT2D eigenvalue weighted by molar-refractivity contribution is 7.18. The van der Waals surface area contributed by atoms with Crippen LogP contribution in [0.5, 0.6) is 5.75 Å². The smallest absolute Gasteiger partial charge is 0.236 e. The Labute approximate surface area is 193 Å². The number of ether oxygens (including phenoxy) is 1. The topological polar surface area (TPSA) is 80.5 Å². The molecule has 7 heteroatoms. The second-order valence-corrected chi connectivity index (χ2v) is 9.61. The first-order valence-corrected chi connectivity index (χ1v) is 11.7. The maximum absolute atomic E-state index is 12.0. The summed E-state index contributed by atoms with van der Waals surface area (Å²) in [5.74, 6) is 0.790. The van der Waals surface area contributed by atoms with Crippen molar-refractivity contribution >= 4 is 22.9 Å². The van der Waals surface area contributed by atoms with Crippen molar-refractivity contribution in [2.75, 3.05) is 26.4 Å². The highest BCUT2D eigenvalue weighted by atomic mass is 32.1. The van der Waals surface area contributed by atoms with Crippen LogP contribution in [0.1, 0.15) is 37.4 Å². The van der Waals surface area contributed by atoms with Crippen molar-refractivity contribution < 1.29 is 9.53 Å². The Morgan fingerprint density at radius 1 is 1.31 bits per heavy atom. The summed E-state index contributed by atoms with van der Waals surface area (Å²) in [5, 5.41) is 4.36. The molecule has 1 atom stereocenters. The van der Waals surface area contributed by atoms with E-state index in [0.717, 1.165) is 28.3 Å². The van der Waals surface area contributed by atoms with Gasteiger partial charge in [-0.25, -0.2) is 4.98 Å². The number of nitrogen functional groups attached to an aromatic ring is 1. The summed E-state index contributed by atoms with van der Waals surface area (Å²) in [7, 11) is 3.56. The Balaban J connectivity index is 1.56. The van der Waals surface area contributed by atoms with Gasteiger partial charge in [-0.1, -0.05) is 18.2 Å². The number of nitrogens with one attached hydrogen (secondary N) is 1. The highest BCUT2D eigenvalue weighted by Crippen LogP contribution is 2.41. The molecule has 2 aromatic carbocycles. The zero-order valence-electron chi connectivity index (χ0n) is 19.0. The van der Waals surface area contributed by atoms with Crippen molar-refractivity contribution in [1.82, 2.24) is 15.2 Å². The normalized spacial score (nSPS) is 15.1. The van der Waals surface area contributed by atoms with Gasteiger partial charge in [0, 0.05) is 31.9 Å². The summed E-state index contributed by atoms with van der Waals surface area (Å²) in [6.07, 6.45) is 4.00. The number of hydrogen-bond donors (Lipinski definition) is 2. The SMILES string of the molecule is CC(C)Oc1ccc(-c2ncc(-c3cccc4c3CC[C@@H]4NCC(=O)N(C)C)s2)cc1N. The fourth-order valence-corrected chi connectivity index (χ4v) is 5.01. The molecule has 0 saturated carbocycles. The standard InChI is InChI=1S/C25H30N4O2S/c1-15(2)31-22-11-8-16(12-20(22)26)25-28-13-23(32-25)19-7-5-6-18-17(19)9-10-21(18)27-14-24(30)29(3)4/h5-8,11-13,15,21,27H,9-10,14,26H2,1-4H3/t21-/m0/s1. The Morgan fingerprint density at radius 3 is 2.84 bits per heavy atom.